The molecular weight excluding hydrogens is 372 g/mol. The van der Waals surface area contributed by atoms with Crippen molar-refractivity contribution in [1.29, 1.82) is 0 Å². The number of fused-ring (bicyclic) bond motifs is 1. The number of esters is 1. The number of ether oxygens (including phenoxy) is 1. The molecule has 30 heavy (non-hydrogen) atoms. The first-order chi connectivity index (χ1) is 14.4. The lowest BCUT2D eigenvalue weighted by atomic mass is 9.75. The van der Waals surface area contributed by atoms with E-state index in [4.69, 9.17) is 9.72 Å². The summed E-state index contributed by atoms with van der Waals surface area (Å²) in [7, 11) is 0. The van der Waals surface area contributed by atoms with Crippen molar-refractivity contribution in [3.05, 3.63) is 54.1 Å². The van der Waals surface area contributed by atoms with E-state index in [1.807, 2.05) is 28.8 Å². The zero-order valence-electron chi connectivity index (χ0n) is 18.5. The number of aryl methyl sites for hydroxylation is 1. The first kappa shape index (κ1) is 20.6. The Hall–Kier alpha value is -2.62. The Labute approximate surface area is 179 Å². The molecule has 0 amide bonds. The van der Waals surface area contributed by atoms with Crippen molar-refractivity contribution in [3.8, 4) is 11.4 Å². The van der Waals surface area contributed by atoms with Gasteiger partial charge < -0.3 is 9.30 Å². The van der Waals surface area contributed by atoms with Crippen LogP contribution in [-0.4, -0.2) is 21.6 Å². The van der Waals surface area contributed by atoms with Crippen molar-refractivity contribution in [3.63, 3.8) is 0 Å². The van der Waals surface area contributed by atoms with Gasteiger partial charge in [0.2, 0.25) is 0 Å². The summed E-state index contributed by atoms with van der Waals surface area (Å²) >= 11 is 0. The number of nitrogens with zero attached hydrogens (tertiary/aromatic N) is 2. The number of benzene rings is 2. The second kappa shape index (κ2) is 8.63. The van der Waals surface area contributed by atoms with Crippen LogP contribution in [0.5, 0.6) is 0 Å². The van der Waals surface area contributed by atoms with Crippen LogP contribution in [0.4, 0.5) is 0 Å². The third-order valence-electron chi connectivity index (χ3n) is 6.50. The van der Waals surface area contributed by atoms with Crippen molar-refractivity contribution in [2.45, 2.75) is 59.6 Å². The standard InChI is InChI=1S/C26H32N2O2/c1-17(2)21-14-11-19(4)15-24(21)30-25(29)16-28-23-8-6-5-7-22(23)27-26(28)20-12-9-18(3)10-13-20/h5-10,12-13,17,19,21,24H,11,14-16H2,1-4H3/t19-,21+,24-/m1/s1. The average molecular weight is 405 g/mol. The van der Waals surface area contributed by atoms with Gasteiger partial charge in [0.1, 0.15) is 18.5 Å². The maximum Gasteiger partial charge on any atom is 0.326 e. The van der Waals surface area contributed by atoms with Gasteiger partial charge in [-0.15, -0.1) is 0 Å². The highest BCUT2D eigenvalue weighted by molar-refractivity contribution is 5.83. The van der Waals surface area contributed by atoms with Crippen LogP contribution in [0.3, 0.4) is 0 Å². The predicted molar refractivity (Wildman–Crippen MR) is 121 cm³/mol. The number of carbonyl (C=O) groups excluding carboxylic acids is 1. The van der Waals surface area contributed by atoms with Crippen LogP contribution < -0.4 is 0 Å². The quantitative estimate of drug-likeness (QED) is 0.489. The molecule has 1 aliphatic carbocycles. The lowest BCUT2D eigenvalue weighted by Gasteiger charge is -2.36. The monoisotopic (exact) mass is 404 g/mol. The minimum Gasteiger partial charge on any atom is -0.461 e. The van der Waals surface area contributed by atoms with Crippen LogP contribution in [0.15, 0.2) is 48.5 Å². The highest BCUT2D eigenvalue weighted by Crippen LogP contribution is 2.35. The third-order valence-corrected chi connectivity index (χ3v) is 6.50. The van der Waals surface area contributed by atoms with Gasteiger partial charge in [-0.05, 0) is 49.7 Å². The van der Waals surface area contributed by atoms with Crippen LogP contribution in [-0.2, 0) is 16.1 Å². The number of para-hydroxylation sites is 2. The van der Waals surface area contributed by atoms with Gasteiger partial charge in [0, 0.05) is 5.56 Å². The Morgan fingerprint density at radius 1 is 1.13 bits per heavy atom. The maximum atomic E-state index is 13.1. The van der Waals surface area contributed by atoms with Gasteiger partial charge in [-0.1, -0.05) is 69.2 Å². The molecule has 1 heterocycles. The second-order valence-corrected chi connectivity index (χ2v) is 9.23. The van der Waals surface area contributed by atoms with Gasteiger partial charge in [0.05, 0.1) is 11.0 Å². The molecule has 2 aromatic carbocycles. The van der Waals surface area contributed by atoms with Crippen LogP contribution in [0.2, 0.25) is 0 Å². The Morgan fingerprint density at radius 3 is 2.60 bits per heavy atom. The molecule has 158 valence electrons. The maximum absolute atomic E-state index is 13.1. The summed E-state index contributed by atoms with van der Waals surface area (Å²) in [6, 6.07) is 16.3. The van der Waals surface area contributed by atoms with E-state index in [0.29, 0.717) is 17.8 Å². The first-order valence-electron chi connectivity index (χ1n) is 11.1. The summed E-state index contributed by atoms with van der Waals surface area (Å²) in [4.78, 5) is 17.9. The highest BCUT2D eigenvalue weighted by atomic mass is 16.5. The number of hydrogen-bond acceptors (Lipinski definition) is 3. The smallest absolute Gasteiger partial charge is 0.326 e. The number of hydrogen-bond donors (Lipinski definition) is 0. The molecule has 1 aliphatic rings. The zero-order chi connectivity index (χ0) is 21.3. The fraction of sp³-hybridized carbons (Fsp3) is 0.462. The van der Waals surface area contributed by atoms with Gasteiger partial charge in [0.15, 0.2) is 0 Å². The molecule has 3 atom stereocenters. The molecule has 0 radical (unpaired) electrons. The number of aromatic nitrogens is 2. The Kier molecular flexibility index (Phi) is 5.94. The molecule has 0 saturated heterocycles. The second-order valence-electron chi connectivity index (χ2n) is 9.23. The molecule has 4 rings (SSSR count). The largest absolute Gasteiger partial charge is 0.461 e. The van der Waals surface area contributed by atoms with Gasteiger partial charge in [0.25, 0.3) is 0 Å². The molecule has 1 saturated carbocycles. The molecular formula is C26H32N2O2. The minimum atomic E-state index is -0.170. The molecule has 0 N–H and O–H groups in total. The Morgan fingerprint density at radius 2 is 1.87 bits per heavy atom. The molecule has 4 heteroatoms. The summed E-state index contributed by atoms with van der Waals surface area (Å²) in [6.07, 6.45) is 3.34. The molecule has 0 spiro atoms. The van der Waals surface area contributed by atoms with Crippen molar-refractivity contribution in [2.24, 2.45) is 17.8 Å². The van der Waals surface area contributed by atoms with Gasteiger partial charge >= 0.3 is 5.97 Å². The lowest BCUT2D eigenvalue weighted by Crippen LogP contribution is -2.36. The average Bonchev–Trinajstić information content (AvgIpc) is 3.07. The van der Waals surface area contributed by atoms with E-state index >= 15 is 0 Å². The molecule has 1 fully saturated rings. The molecule has 4 nitrogen and oxygen atoms in total. The van der Waals surface area contributed by atoms with E-state index in [1.165, 1.54) is 12.0 Å². The van der Waals surface area contributed by atoms with Gasteiger partial charge in [-0.25, -0.2) is 4.98 Å². The molecule has 0 bridgehead atoms. The van der Waals surface area contributed by atoms with Crippen molar-refractivity contribution >= 4 is 17.0 Å². The number of rotatable bonds is 5. The number of imidazole rings is 1. The Bertz CT molecular complexity index is 1020. The third kappa shape index (κ3) is 4.28. The summed E-state index contributed by atoms with van der Waals surface area (Å²) in [5.41, 5.74) is 4.07. The molecule has 0 aliphatic heterocycles. The minimum absolute atomic E-state index is 0.0128. The van der Waals surface area contributed by atoms with E-state index in [1.54, 1.807) is 0 Å². The van der Waals surface area contributed by atoms with Crippen LogP contribution in [0.25, 0.3) is 22.4 Å². The summed E-state index contributed by atoms with van der Waals surface area (Å²) in [5, 5.41) is 0. The summed E-state index contributed by atoms with van der Waals surface area (Å²) in [5.74, 6) is 2.21. The number of carbonyl (C=O) groups is 1. The molecule has 3 aromatic rings. The predicted octanol–water partition coefficient (Wildman–Crippen LogP) is 6.02. The molecule has 1 aromatic heterocycles. The van der Waals surface area contributed by atoms with Crippen LogP contribution in [0.1, 0.15) is 45.6 Å². The van der Waals surface area contributed by atoms with Crippen molar-refractivity contribution in [1.82, 2.24) is 9.55 Å². The Balaban J connectivity index is 1.62. The zero-order valence-corrected chi connectivity index (χ0v) is 18.5. The van der Waals surface area contributed by atoms with E-state index in [-0.39, 0.29) is 18.6 Å². The summed E-state index contributed by atoms with van der Waals surface area (Å²) in [6.45, 7) is 8.98. The topological polar surface area (TPSA) is 44.1 Å². The first-order valence-corrected chi connectivity index (χ1v) is 11.1. The van der Waals surface area contributed by atoms with E-state index in [0.717, 1.165) is 35.3 Å². The van der Waals surface area contributed by atoms with Crippen LogP contribution in [0, 0.1) is 24.7 Å². The van der Waals surface area contributed by atoms with Gasteiger partial charge in [-0.2, -0.15) is 0 Å². The summed E-state index contributed by atoms with van der Waals surface area (Å²) < 4.78 is 8.08. The highest BCUT2D eigenvalue weighted by Gasteiger charge is 2.33. The van der Waals surface area contributed by atoms with E-state index < -0.39 is 0 Å². The van der Waals surface area contributed by atoms with Crippen molar-refractivity contribution < 1.29 is 9.53 Å². The van der Waals surface area contributed by atoms with Crippen LogP contribution >= 0.6 is 0 Å². The fourth-order valence-electron chi connectivity index (χ4n) is 4.74. The molecule has 0 unspecified atom stereocenters. The SMILES string of the molecule is Cc1ccc(-c2nc3ccccc3n2CC(=O)O[C@@H]2C[C@H](C)CC[C@H]2C(C)C)cc1. The van der Waals surface area contributed by atoms with Gasteiger partial charge in [-0.3, -0.25) is 4.79 Å². The van der Waals surface area contributed by atoms with E-state index in [9.17, 15) is 4.79 Å². The van der Waals surface area contributed by atoms with E-state index in [2.05, 4.69) is 52.0 Å². The fourth-order valence-corrected chi connectivity index (χ4v) is 4.74. The lowest BCUT2D eigenvalue weighted by molar-refractivity contribution is -0.156. The van der Waals surface area contributed by atoms with Crippen molar-refractivity contribution in [2.75, 3.05) is 0 Å². The normalized spacial score (nSPS) is 21.8.